The average molecular weight is 205 g/mol. The zero-order valence-electron chi connectivity index (χ0n) is 8.81. The summed E-state index contributed by atoms with van der Waals surface area (Å²) in [4.78, 5) is 17.5. The van der Waals surface area contributed by atoms with Crippen LogP contribution in [-0.2, 0) is 11.3 Å². The minimum Gasteiger partial charge on any atom is -0.335 e. The molecule has 4 nitrogen and oxygen atoms in total. The van der Waals surface area contributed by atoms with Crippen molar-refractivity contribution in [2.75, 3.05) is 6.54 Å². The van der Waals surface area contributed by atoms with E-state index in [0.717, 1.165) is 11.3 Å². The fourth-order valence-electron chi connectivity index (χ4n) is 1.74. The maximum atomic E-state index is 11.5. The lowest BCUT2D eigenvalue weighted by molar-refractivity contribution is -0.128. The van der Waals surface area contributed by atoms with Crippen LogP contribution in [0.4, 0.5) is 0 Å². The average Bonchev–Trinajstić information content (AvgIpc) is 2.49. The van der Waals surface area contributed by atoms with Gasteiger partial charge in [0.05, 0.1) is 12.2 Å². The number of nitrogens with zero attached hydrogens (tertiary/aromatic N) is 2. The Morgan fingerprint density at radius 2 is 2.40 bits per heavy atom. The van der Waals surface area contributed by atoms with Crippen molar-refractivity contribution in [1.29, 1.82) is 0 Å². The first-order valence-corrected chi connectivity index (χ1v) is 5.10. The normalized spacial score (nSPS) is 21.1. The van der Waals surface area contributed by atoms with Crippen LogP contribution in [0.3, 0.4) is 0 Å². The summed E-state index contributed by atoms with van der Waals surface area (Å²) < 4.78 is 0. The number of likely N-dealkylation sites (tertiary alicyclic amines) is 1. The van der Waals surface area contributed by atoms with Gasteiger partial charge < -0.3 is 10.6 Å². The van der Waals surface area contributed by atoms with Crippen molar-refractivity contribution >= 4 is 5.91 Å². The SMILES string of the molecule is Cc1ccc(CN2CC(N)CC2=O)nc1. The lowest BCUT2D eigenvalue weighted by Crippen LogP contribution is -2.28. The maximum absolute atomic E-state index is 11.5. The number of amides is 1. The largest absolute Gasteiger partial charge is 0.335 e. The number of carbonyl (C=O) groups is 1. The third-order valence-electron chi connectivity index (χ3n) is 2.57. The van der Waals surface area contributed by atoms with Gasteiger partial charge in [-0.25, -0.2) is 0 Å². The van der Waals surface area contributed by atoms with Crippen molar-refractivity contribution in [3.8, 4) is 0 Å². The molecule has 0 saturated carbocycles. The molecule has 2 rings (SSSR count). The standard InChI is InChI=1S/C11H15N3O/c1-8-2-3-10(13-5-8)7-14-6-9(12)4-11(14)15/h2-3,5,9H,4,6-7,12H2,1H3. The van der Waals surface area contributed by atoms with Gasteiger partial charge >= 0.3 is 0 Å². The van der Waals surface area contributed by atoms with Gasteiger partial charge in [-0.3, -0.25) is 9.78 Å². The van der Waals surface area contributed by atoms with Gasteiger partial charge in [-0.05, 0) is 18.6 Å². The van der Waals surface area contributed by atoms with Crippen LogP contribution >= 0.6 is 0 Å². The molecule has 2 heterocycles. The predicted octanol–water partition coefficient (Wildman–Crippen LogP) is 0.450. The summed E-state index contributed by atoms with van der Waals surface area (Å²) in [5, 5.41) is 0. The molecule has 1 aromatic rings. The number of carbonyl (C=O) groups excluding carboxylic acids is 1. The fourth-order valence-corrected chi connectivity index (χ4v) is 1.74. The Hall–Kier alpha value is -1.42. The summed E-state index contributed by atoms with van der Waals surface area (Å²) in [6.07, 6.45) is 2.28. The molecule has 1 atom stereocenters. The first kappa shape index (κ1) is 10.1. The van der Waals surface area contributed by atoms with Gasteiger partial charge in [0.2, 0.25) is 5.91 Å². The van der Waals surface area contributed by atoms with E-state index in [1.807, 2.05) is 25.3 Å². The molecular weight excluding hydrogens is 190 g/mol. The number of rotatable bonds is 2. The Kier molecular flexibility index (Phi) is 2.68. The highest BCUT2D eigenvalue weighted by Crippen LogP contribution is 2.12. The highest BCUT2D eigenvalue weighted by Gasteiger charge is 2.26. The van der Waals surface area contributed by atoms with Gasteiger partial charge in [0.1, 0.15) is 0 Å². The molecule has 1 unspecified atom stereocenters. The van der Waals surface area contributed by atoms with Crippen LogP contribution in [0.25, 0.3) is 0 Å². The van der Waals surface area contributed by atoms with Crippen LogP contribution in [0.2, 0.25) is 0 Å². The van der Waals surface area contributed by atoms with Crippen LogP contribution in [-0.4, -0.2) is 28.4 Å². The highest BCUT2D eigenvalue weighted by atomic mass is 16.2. The molecule has 1 amide bonds. The molecule has 0 radical (unpaired) electrons. The van der Waals surface area contributed by atoms with Gasteiger partial charge in [0.15, 0.2) is 0 Å². The third kappa shape index (κ3) is 2.33. The minimum atomic E-state index is -0.0112. The molecule has 0 aromatic carbocycles. The molecular formula is C11H15N3O. The number of pyridine rings is 1. The van der Waals surface area contributed by atoms with Crippen LogP contribution in [0.1, 0.15) is 17.7 Å². The van der Waals surface area contributed by atoms with E-state index in [-0.39, 0.29) is 11.9 Å². The van der Waals surface area contributed by atoms with Crippen LogP contribution in [0, 0.1) is 6.92 Å². The summed E-state index contributed by atoms with van der Waals surface area (Å²) in [6.45, 7) is 3.22. The molecule has 0 aliphatic carbocycles. The van der Waals surface area contributed by atoms with E-state index in [1.165, 1.54) is 0 Å². The molecule has 0 spiro atoms. The number of aryl methyl sites for hydroxylation is 1. The summed E-state index contributed by atoms with van der Waals surface area (Å²) >= 11 is 0. The summed E-state index contributed by atoms with van der Waals surface area (Å²) in [6, 6.07) is 3.94. The molecule has 0 bridgehead atoms. The number of hydrogen-bond donors (Lipinski definition) is 1. The summed E-state index contributed by atoms with van der Waals surface area (Å²) in [7, 11) is 0. The van der Waals surface area contributed by atoms with E-state index in [1.54, 1.807) is 4.90 Å². The van der Waals surface area contributed by atoms with Crippen LogP contribution in [0.5, 0.6) is 0 Å². The van der Waals surface area contributed by atoms with Crippen molar-refractivity contribution < 1.29 is 4.79 Å². The van der Waals surface area contributed by atoms with Gasteiger partial charge in [-0.15, -0.1) is 0 Å². The Bertz CT molecular complexity index is 361. The van der Waals surface area contributed by atoms with E-state index in [0.29, 0.717) is 19.5 Å². The quantitative estimate of drug-likeness (QED) is 0.762. The Morgan fingerprint density at radius 1 is 1.60 bits per heavy atom. The molecule has 1 saturated heterocycles. The van der Waals surface area contributed by atoms with Gasteiger partial charge in [-0.1, -0.05) is 6.07 Å². The molecule has 15 heavy (non-hydrogen) atoms. The second-order valence-corrected chi connectivity index (χ2v) is 4.07. The van der Waals surface area contributed by atoms with Crippen molar-refractivity contribution in [3.63, 3.8) is 0 Å². The van der Waals surface area contributed by atoms with Gasteiger partial charge in [0, 0.05) is 25.2 Å². The molecule has 80 valence electrons. The zero-order chi connectivity index (χ0) is 10.8. The van der Waals surface area contributed by atoms with Crippen molar-refractivity contribution in [2.24, 2.45) is 5.73 Å². The smallest absolute Gasteiger partial charge is 0.224 e. The van der Waals surface area contributed by atoms with E-state index < -0.39 is 0 Å². The molecule has 2 N–H and O–H groups in total. The second-order valence-electron chi connectivity index (χ2n) is 4.07. The molecule has 1 aliphatic rings. The van der Waals surface area contributed by atoms with E-state index >= 15 is 0 Å². The monoisotopic (exact) mass is 205 g/mol. The van der Waals surface area contributed by atoms with Crippen LogP contribution < -0.4 is 5.73 Å². The Balaban J connectivity index is 2.03. The van der Waals surface area contributed by atoms with E-state index in [9.17, 15) is 4.79 Å². The lowest BCUT2D eigenvalue weighted by Gasteiger charge is -2.15. The van der Waals surface area contributed by atoms with Gasteiger partial charge in [-0.2, -0.15) is 0 Å². The van der Waals surface area contributed by atoms with Crippen molar-refractivity contribution in [2.45, 2.75) is 25.9 Å². The van der Waals surface area contributed by atoms with Crippen LogP contribution in [0.15, 0.2) is 18.3 Å². The second kappa shape index (κ2) is 3.98. The maximum Gasteiger partial charge on any atom is 0.224 e. The third-order valence-corrected chi connectivity index (χ3v) is 2.57. The Morgan fingerprint density at radius 3 is 2.93 bits per heavy atom. The van der Waals surface area contributed by atoms with Crippen molar-refractivity contribution in [1.82, 2.24) is 9.88 Å². The first-order chi connectivity index (χ1) is 7.15. The molecule has 1 aliphatic heterocycles. The predicted molar refractivity (Wildman–Crippen MR) is 57.0 cm³/mol. The lowest BCUT2D eigenvalue weighted by atomic mass is 10.2. The molecule has 1 aromatic heterocycles. The minimum absolute atomic E-state index is 0.0112. The first-order valence-electron chi connectivity index (χ1n) is 5.10. The van der Waals surface area contributed by atoms with E-state index in [2.05, 4.69) is 4.98 Å². The highest BCUT2D eigenvalue weighted by molar-refractivity contribution is 5.79. The number of hydrogen-bond acceptors (Lipinski definition) is 3. The molecule has 1 fully saturated rings. The Labute approximate surface area is 89.1 Å². The topological polar surface area (TPSA) is 59.2 Å². The summed E-state index contributed by atoms with van der Waals surface area (Å²) in [5.74, 6) is 0.130. The zero-order valence-corrected chi connectivity index (χ0v) is 8.81. The number of nitrogens with two attached hydrogens (primary N) is 1. The number of aromatic nitrogens is 1. The van der Waals surface area contributed by atoms with Gasteiger partial charge in [0.25, 0.3) is 0 Å². The van der Waals surface area contributed by atoms with E-state index in [4.69, 9.17) is 5.73 Å². The molecule has 4 heteroatoms. The van der Waals surface area contributed by atoms with Crippen molar-refractivity contribution in [3.05, 3.63) is 29.6 Å². The summed E-state index contributed by atoms with van der Waals surface area (Å²) in [5.41, 5.74) is 7.76. The fraction of sp³-hybridized carbons (Fsp3) is 0.455.